The maximum absolute atomic E-state index is 13.3. The van der Waals surface area contributed by atoms with E-state index in [0.29, 0.717) is 13.2 Å². The van der Waals surface area contributed by atoms with Crippen LogP contribution in [-0.2, 0) is 9.53 Å². The minimum atomic E-state index is -0.349. The second kappa shape index (κ2) is 9.25. The lowest BCUT2D eigenvalue weighted by atomic mass is 10.0. The molecule has 5 rings (SSSR count). The molecule has 3 fully saturated rings. The molecule has 1 aromatic carbocycles. The number of ether oxygens (including phenoxy) is 1. The Hall–Kier alpha value is -1.62. The Morgan fingerprint density at radius 1 is 1.17 bits per heavy atom. The van der Waals surface area contributed by atoms with Gasteiger partial charge in [-0.3, -0.25) is 20.3 Å². The first-order valence-electron chi connectivity index (χ1n) is 11.0. The minimum absolute atomic E-state index is 0.0305. The number of hydrogen-bond acceptors (Lipinski definition) is 8. The first-order chi connectivity index (χ1) is 14.8. The van der Waals surface area contributed by atoms with Crippen LogP contribution in [0.25, 0.3) is 10.2 Å². The van der Waals surface area contributed by atoms with Gasteiger partial charge in [0, 0.05) is 26.2 Å². The lowest BCUT2D eigenvalue weighted by Crippen LogP contribution is -2.70. The van der Waals surface area contributed by atoms with Crippen LogP contribution in [0.5, 0.6) is 0 Å². The maximum Gasteiger partial charge on any atom is 0.235 e. The van der Waals surface area contributed by atoms with Gasteiger partial charge < -0.3 is 15.0 Å². The van der Waals surface area contributed by atoms with Crippen molar-refractivity contribution in [3.8, 4) is 0 Å². The molecule has 9 heteroatoms. The Balaban J connectivity index is 1.34. The van der Waals surface area contributed by atoms with E-state index < -0.39 is 0 Å². The monoisotopic (exact) mass is 430 g/mol. The van der Waals surface area contributed by atoms with E-state index in [9.17, 15) is 4.79 Å². The van der Waals surface area contributed by atoms with Crippen LogP contribution in [0.3, 0.4) is 0 Å². The summed E-state index contributed by atoms with van der Waals surface area (Å²) in [5.74, 6) is -0.318. The molecule has 0 spiro atoms. The highest BCUT2D eigenvalue weighted by atomic mass is 32.1. The first kappa shape index (κ1) is 20.3. The molecule has 162 valence electrons. The summed E-state index contributed by atoms with van der Waals surface area (Å²) >= 11 is 1.61. The van der Waals surface area contributed by atoms with Crippen LogP contribution in [-0.4, -0.2) is 85.6 Å². The van der Waals surface area contributed by atoms with Crippen molar-refractivity contribution in [2.45, 2.75) is 31.2 Å². The van der Waals surface area contributed by atoms with Gasteiger partial charge in [0.15, 0.2) is 0 Å². The van der Waals surface area contributed by atoms with E-state index in [1.807, 2.05) is 18.2 Å². The zero-order chi connectivity index (χ0) is 20.3. The normalized spacial score (nSPS) is 28.8. The van der Waals surface area contributed by atoms with E-state index in [1.165, 1.54) is 25.9 Å². The highest BCUT2D eigenvalue weighted by molar-refractivity contribution is 7.18. The molecule has 1 aromatic heterocycles. The molecule has 0 radical (unpaired) electrons. The molecule has 0 bridgehead atoms. The van der Waals surface area contributed by atoms with Gasteiger partial charge in [0.25, 0.3) is 0 Å². The van der Waals surface area contributed by atoms with Gasteiger partial charge in [0.1, 0.15) is 17.2 Å². The van der Waals surface area contributed by atoms with Crippen molar-refractivity contribution in [3.05, 3.63) is 29.3 Å². The Kier molecular flexibility index (Phi) is 6.26. The number of carbonyl (C=O) groups excluding carboxylic acids is 1. The highest BCUT2D eigenvalue weighted by Crippen LogP contribution is 2.31. The van der Waals surface area contributed by atoms with Crippen molar-refractivity contribution in [1.82, 2.24) is 30.7 Å². The average Bonchev–Trinajstić information content (AvgIpc) is 3.43. The molecule has 0 saturated carbocycles. The summed E-state index contributed by atoms with van der Waals surface area (Å²) in [6.45, 7) is 7.23. The van der Waals surface area contributed by atoms with Gasteiger partial charge in [-0.25, -0.2) is 4.98 Å². The van der Waals surface area contributed by atoms with Crippen LogP contribution < -0.4 is 16.0 Å². The summed E-state index contributed by atoms with van der Waals surface area (Å²) in [4.78, 5) is 22.8. The van der Waals surface area contributed by atoms with E-state index in [4.69, 9.17) is 9.72 Å². The number of benzene rings is 1. The van der Waals surface area contributed by atoms with Crippen molar-refractivity contribution in [2.75, 3.05) is 52.5 Å². The van der Waals surface area contributed by atoms with Crippen LogP contribution in [0.1, 0.15) is 23.8 Å². The Labute approximate surface area is 181 Å². The Morgan fingerprint density at radius 2 is 1.97 bits per heavy atom. The molecule has 2 aromatic rings. The third kappa shape index (κ3) is 4.37. The fourth-order valence-electron chi connectivity index (χ4n) is 4.56. The van der Waals surface area contributed by atoms with Crippen molar-refractivity contribution < 1.29 is 9.53 Å². The predicted octanol–water partition coefficient (Wildman–Crippen LogP) is 0.727. The van der Waals surface area contributed by atoms with Gasteiger partial charge in [-0.15, -0.1) is 11.3 Å². The topological polar surface area (TPSA) is 81.8 Å². The van der Waals surface area contributed by atoms with Crippen LogP contribution in [0, 0.1) is 0 Å². The SMILES string of the molecule is O=C1NC(N2CCOCC2)NC(NCCN2CCCC2)C1c1nc2ccccc2s1. The molecule has 3 saturated heterocycles. The molecule has 30 heavy (non-hydrogen) atoms. The van der Waals surface area contributed by atoms with E-state index in [2.05, 4.69) is 31.8 Å². The number of nitrogens with one attached hydrogen (secondary N) is 3. The number of amides is 1. The van der Waals surface area contributed by atoms with Gasteiger partial charge in [-0.2, -0.15) is 0 Å². The molecule has 3 aliphatic heterocycles. The molecular formula is C21H30N6O2S. The van der Waals surface area contributed by atoms with Crippen LogP contribution >= 0.6 is 11.3 Å². The van der Waals surface area contributed by atoms with Gasteiger partial charge in [-0.05, 0) is 38.1 Å². The Bertz CT molecular complexity index is 831. The summed E-state index contributed by atoms with van der Waals surface area (Å²) in [6.07, 6.45) is 2.24. The van der Waals surface area contributed by atoms with Gasteiger partial charge >= 0.3 is 0 Å². The summed E-state index contributed by atoms with van der Waals surface area (Å²) in [5.41, 5.74) is 0.955. The highest BCUT2D eigenvalue weighted by Gasteiger charge is 2.41. The zero-order valence-electron chi connectivity index (χ0n) is 17.2. The Morgan fingerprint density at radius 3 is 2.77 bits per heavy atom. The number of rotatable bonds is 6. The predicted molar refractivity (Wildman–Crippen MR) is 117 cm³/mol. The van der Waals surface area contributed by atoms with E-state index in [-0.39, 0.29) is 24.3 Å². The number of fused-ring (bicyclic) bond motifs is 1. The lowest BCUT2D eigenvalue weighted by molar-refractivity contribution is -0.131. The van der Waals surface area contributed by atoms with Crippen molar-refractivity contribution >= 4 is 27.5 Å². The number of aromatic nitrogens is 1. The molecule has 3 atom stereocenters. The van der Waals surface area contributed by atoms with Crippen molar-refractivity contribution in [1.29, 1.82) is 0 Å². The van der Waals surface area contributed by atoms with Crippen LogP contribution in [0.4, 0.5) is 0 Å². The largest absolute Gasteiger partial charge is 0.379 e. The number of para-hydroxylation sites is 1. The number of carbonyl (C=O) groups is 1. The standard InChI is InChI=1S/C21H30N6O2S/c28-19-17(20-23-15-5-1-2-6-16(15)30-20)18(22-7-10-26-8-3-4-9-26)24-21(25-19)27-11-13-29-14-12-27/h1-2,5-6,17-18,21-22,24H,3-4,7-14H2,(H,25,28). The number of thiazole rings is 1. The van der Waals surface area contributed by atoms with Gasteiger partial charge in [0.05, 0.1) is 29.6 Å². The number of morpholine rings is 1. The molecule has 3 unspecified atom stereocenters. The average molecular weight is 431 g/mol. The fraction of sp³-hybridized carbons (Fsp3) is 0.619. The minimum Gasteiger partial charge on any atom is -0.379 e. The molecule has 3 aliphatic rings. The molecule has 8 nitrogen and oxygen atoms in total. The number of likely N-dealkylation sites (tertiary alicyclic amines) is 1. The second-order valence-corrected chi connectivity index (χ2v) is 9.27. The molecule has 0 aliphatic carbocycles. The van der Waals surface area contributed by atoms with E-state index in [0.717, 1.165) is 41.4 Å². The van der Waals surface area contributed by atoms with Crippen LogP contribution in [0.2, 0.25) is 0 Å². The molecule has 4 heterocycles. The zero-order valence-corrected chi connectivity index (χ0v) is 18.0. The van der Waals surface area contributed by atoms with Gasteiger partial charge in [-0.1, -0.05) is 12.1 Å². The summed E-state index contributed by atoms with van der Waals surface area (Å²) < 4.78 is 6.60. The van der Waals surface area contributed by atoms with Crippen LogP contribution in [0.15, 0.2) is 24.3 Å². The second-order valence-electron chi connectivity index (χ2n) is 8.20. The molecule has 3 N–H and O–H groups in total. The van der Waals surface area contributed by atoms with E-state index in [1.54, 1.807) is 11.3 Å². The number of nitrogens with zero attached hydrogens (tertiary/aromatic N) is 3. The quantitative estimate of drug-likeness (QED) is 0.623. The maximum atomic E-state index is 13.3. The third-order valence-electron chi connectivity index (χ3n) is 6.21. The van der Waals surface area contributed by atoms with Crippen molar-refractivity contribution in [3.63, 3.8) is 0 Å². The van der Waals surface area contributed by atoms with E-state index >= 15 is 0 Å². The lowest BCUT2D eigenvalue weighted by Gasteiger charge is -2.43. The smallest absolute Gasteiger partial charge is 0.235 e. The molecule has 1 amide bonds. The number of hydrogen-bond donors (Lipinski definition) is 3. The first-order valence-corrected chi connectivity index (χ1v) is 11.8. The summed E-state index contributed by atoms with van der Waals surface area (Å²) in [6, 6.07) is 8.09. The van der Waals surface area contributed by atoms with Gasteiger partial charge in [0.2, 0.25) is 5.91 Å². The summed E-state index contributed by atoms with van der Waals surface area (Å²) in [5, 5.41) is 11.3. The van der Waals surface area contributed by atoms with Crippen molar-refractivity contribution in [2.24, 2.45) is 0 Å². The fourth-order valence-corrected chi connectivity index (χ4v) is 5.66. The molecular weight excluding hydrogens is 400 g/mol. The summed E-state index contributed by atoms with van der Waals surface area (Å²) in [7, 11) is 0. The third-order valence-corrected chi connectivity index (χ3v) is 7.33.